The number of piperidine rings is 1. The second-order valence-electron chi connectivity index (χ2n) is 8.78. The predicted octanol–water partition coefficient (Wildman–Crippen LogP) is 5.17. The number of hydrogen-bond donors (Lipinski definition) is 1. The van der Waals surface area contributed by atoms with Gasteiger partial charge in [0.25, 0.3) is 0 Å². The Morgan fingerprint density at radius 3 is 2.27 bits per heavy atom. The molecule has 0 radical (unpaired) electrons. The number of nitrogens with zero attached hydrogens (tertiary/aromatic N) is 3. The smallest absolute Gasteiger partial charge is 0.206 e. The van der Waals surface area contributed by atoms with Gasteiger partial charge in [-0.2, -0.15) is 0 Å². The number of aromatic nitrogens is 2. The summed E-state index contributed by atoms with van der Waals surface area (Å²) >= 11 is 0. The molecule has 2 heterocycles. The molecular formula is C25H33FN4. The van der Waals surface area contributed by atoms with Gasteiger partial charge >= 0.3 is 0 Å². The van der Waals surface area contributed by atoms with Crippen molar-refractivity contribution in [2.75, 3.05) is 25.0 Å². The summed E-state index contributed by atoms with van der Waals surface area (Å²) in [7, 11) is 1.99. The van der Waals surface area contributed by atoms with Gasteiger partial charge in [-0.1, -0.05) is 12.1 Å². The molecule has 1 aromatic heterocycles. The Hall–Kier alpha value is -2.40. The van der Waals surface area contributed by atoms with E-state index in [9.17, 15) is 4.39 Å². The lowest BCUT2D eigenvalue weighted by Crippen LogP contribution is -2.32. The molecule has 2 aromatic carbocycles. The van der Waals surface area contributed by atoms with Crippen LogP contribution in [0.2, 0.25) is 0 Å². The Labute approximate surface area is 179 Å². The first kappa shape index (κ1) is 20.9. The van der Waals surface area contributed by atoms with Crippen LogP contribution in [-0.2, 0) is 13.1 Å². The highest BCUT2D eigenvalue weighted by atomic mass is 19.1. The number of imidazole rings is 1. The lowest BCUT2D eigenvalue weighted by Gasteiger charge is -2.28. The molecule has 3 aromatic rings. The van der Waals surface area contributed by atoms with Crippen molar-refractivity contribution in [2.24, 2.45) is 0 Å². The van der Waals surface area contributed by atoms with Gasteiger partial charge in [-0.05, 0) is 93.5 Å². The van der Waals surface area contributed by atoms with Gasteiger partial charge in [0.15, 0.2) is 0 Å². The average molecular weight is 409 g/mol. The number of fused-ring (bicyclic) bond motifs is 1. The van der Waals surface area contributed by atoms with E-state index in [2.05, 4.69) is 34.7 Å². The molecular weight excluding hydrogens is 375 g/mol. The quantitative estimate of drug-likeness (QED) is 0.632. The van der Waals surface area contributed by atoms with Crippen molar-refractivity contribution in [1.29, 1.82) is 0 Å². The van der Waals surface area contributed by atoms with Gasteiger partial charge in [0, 0.05) is 19.6 Å². The number of anilines is 1. The standard InChI is InChI=1S/C25H33FN4/c1-16-13-22-24(21(14-27-5)19(16)4)28-25(29-9-7-6-8-10-29)30(22)15-20-11-17(2)23(26)18(3)12-20/h11-13,27H,6-10,14-15H2,1-5H3. The van der Waals surface area contributed by atoms with E-state index in [0.717, 1.165) is 36.7 Å². The molecule has 0 saturated carbocycles. The summed E-state index contributed by atoms with van der Waals surface area (Å²) in [6.07, 6.45) is 3.70. The van der Waals surface area contributed by atoms with Gasteiger partial charge in [-0.15, -0.1) is 0 Å². The molecule has 5 heteroatoms. The SMILES string of the molecule is CNCc1c(C)c(C)cc2c1nc(N1CCCCC1)n2Cc1cc(C)c(F)c(C)c1. The highest BCUT2D eigenvalue weighted by Crippen LogP contribution is 2.32. The van der Waals surface area contributed by atoms with Gasteiger partial charge < -0.3 is 14.8 Å². The van der Waals surface area contributed by atoms with E-state index in [1.54, 1.807) is 0 Å². The van der Waals surface area contributed by atoms with Crippen LogP contribution in [0.4, 0.5) is 10.3 Å². The fraction of sp³-hybridized carbons (Fsp3) is 0.480. The third kappa shape index (κ3) is 3.71. The zero-order valence-electron chi connectivity index (χ0n) is 18.9. The molecule has 1 aliphatic rings. The number of hydrogen-bond acceptors (Lipinski definition) is 3. The molecule has 4 nitrogen and oxygen atoms in total. The molecule has 4 rings (SSSR count). The molecule has 30 heavy (non-hydrogen) atoms. The third-order valence-corrected chi connectivity index (χ3v) is 6.50. The summed E-state index contributed by atoms with van der Waals surface area (Å²) in [5.74, 6) is 0.944. The molecule has 160 valence electrons. The number of halogens is 1. The number of benzene rings is 2. The fourth-order valence-corrected chi connectivity index (χ4v) is 4.74. The van der Waals surface area contributed by atoms with Crippen LogP contribution in [0, 0.1) is 33.5 Å². The van der Waals surface area contributed by atoms with Crippen LogP contribution >= 0.6 is 0 Å². The van der Waals surface area contributed by atoms with Crippen LogP contribution in [0.25, 0.3) is 11.0 Å². The first-order valence-electron chi connectivity index (χ1n) is 11.0. The van der Waals surface area contributed by atoms with E-state index in [0.29, 0.717) is 17.7 Å². The van der Waals surface area contributed by atoms with Crippen LogP contribution in [0.1, 0.15) is 52.6 Å². The van der Waals surface area contributed by atoms with E-state index in [1.807, 2.05) is 33.0 Å². The maximum atomic E-state index is 14.2. The number of aryl methyl sites for hydroxylation is 3. The summed E-state index contributed by atoms with van der Waals surface area (Å²) in [5.41, 5.74) is 8.65. The molecule has 0 bridgehead atoms. The van der Waals surface area contributed by atoms with Crippen molar-refractivity contribution < 1.29 is 4.39 Å². The first-order valence-corrected chi connectivity index (χ1v) is 11.0. The minimum Gasteiger partial charge on any atom is -0.342 e. The normalized spacial score (nSPS) is 14.7. The van der Waals surface area contributed by atoms with Gasteiger partial charge in [0.2, 0.25) is 5.95 Å². The Morgan fingerprint density at radius 1 is 0.967 bits per heavy atom. The van der Waals surface area contributed by atoms with Crippen molar-refractivity contribution >= 4 is 17.0 Å². The van der Waals surface area contributed by atoms with Gasteiger partial charge in [-0.3, -0.25) is 0 Å². The maximum Gasteiger partial charge on any atom is 0.206 e. The Morgan fingerprint density at radius 2 is 1.63 bits per heavy atom. The van der Waals surface area contributed by atoms with Gasteiger partial charge in [-0.25, -0.2) is 9.37 Å². The van der Waals surface area contributed by atoms with Crippen LogP contribution < -0.4 is 10.2 Å². The second-order valence-corrected chi connectivity index (χ2v) is 8.78. The van der Waals surface area contributed by atoms with Crippen molar-refractivity contribution in [2.45, 2.75) is 60.0 Å². The summed E-state index contributed by atoms with van der Waals surface area (Å²) in [6, 6.07) is 6.22. The molecule has 0 aliphatic carbocycles. The summed E-state index contributed by atoms with van der Waals surface area (Å²) in [6.45, 7) is 11.7. The van der Waals surface area contributed by atoms with Gasteiger partial charge in [0.05, 0.1) is 17.6 Å². The minimum absolute atomic E-state index is 0.103. The lowest BCUT2D eigenvalue weighted by molar-refractivity contribution is 0.560. The Kier molecular flexibility index (Phi) is 5.83. The van der Waals surface area contributed by atoms with Crippen molar-refractivity contribution in [3.63, 3.8) is 0 Å². The summed E-state index contributed by atoms with van der Waals surface area (Å²) in [4.78, 5) is 7.62. The second kappa shape index (κ2) is 8.38. The highest BCUT2D eigenvalue weighted by molar-refractivity contribution is 5.84. The largest absolute Gasteiger partial charge is 0.342 e. The van der Waals surface area contributed by atoms with Crippen LogP contribution in [0.15, 0.2) is 18.2 Å². The Balaban J connectivity index is 1.91. The number of nitrogens with one attached hydrogen (secondary N) is 1. The highest BCUT2D eigenvalue weighted by Gasteiger charge is 2.22. The monoisotopic (exact) mass is 408 g/mol. The third-order valence-electron chi connectivity index (χ3n) is 6.50. The topological polar surface area (TPSA) is 33.1 Å². The van der Waals surface area contributed by atoms with E-state index >= 15 is 0 Å². The minimum atomic E-state index is -0.103. The molecule has 1 saturated heterocycles. The molecule has 1 aliphatic heterocycles. The predicted molar refractivity (Wildman–Crippen MR) is 123 cm³/mol. The zero-order valence-corrected chi connectivity index (χ0v) is 18.9. The van der Waals surface area contributed by atoms with Crippen molar-refractivity contribution in [3.05, 3.63) is 57.4 Å². The number of rotatable bonds is 5. The molecule has 0 unspecified atom stereocenters. The lowest BCUT2D eigenvalue weighted by atomic mass is 10.0. The fourth-order valence-electron chi connectivity index (χ4n) is 4.74. The summed E-state index contributed by atoms with van der Waals surface area (Å²) < 4.78 is 16.6. The Bertz CT molecular complexity index is 1050. The molecule has 0 amide bonds. The first-order chi connectivity index (χ1) is 14.4. The van der Waals surface area contributed by atoms with E-state index in [4.69, 9.17) is 4.98 Å². The van der Waals surface area contributed by atoms with Crippen LogP contribution in [0.3, 0.4) is 0 Å². The molecule has 1 fully saturated rings. The van der Waals surface area contributed by atoms with E-state index in [-0.39, 0.29) is 5.82 Å². The van der Waals surface area contributed by atoms with E-state index in [1.165, 1.54) is 41.5 Å². The van der Waals surface area contributed by atoms with Crippen LogP contribution in [0.5, 0.6) is 0 Å². The van der Waals surface area contributed by atoms with Gasteiger partial charge in [0.1, 0.15) is 5.82 Å². The summed E-state index contributed by atoms with van der Waals surface area (Å²) in [5, 5.41) is 3.32. The average Bonchev–Trinajstić information content (AvgIpc) is 3.08. The van der Waals surface area contributed by atoms with Crippen LogP contribution in [-0.4, -0.2) is 29.7 Å². The zero-order chi connectivity index (χ0) is 21.4. The molecule has 0 spiro atoms. The molecule has 1 N–H and O–H groups in total. The van der Waals surface area contributed by atoms with Crippen molar-refractivity contribution in [1.82, 2.24) is 14.9 Å². The van der Waals surface area contributed by atoms with E-state index < -0.39 is 0 Å². The van der Waals surface area contributed by atoms with Crippen molar-refractivity contribution in [3.8, 4) is 0 Å². The molecule has 0 atom stereocenters. The maximum absolute atomic E-state index is 14.2.